The van der Waals surface area contributed by atoms with Crippen LogP contribution in [0.3, 0.4) is 0 Å². The minimum absolute atomic E-state index is 0.0370. The van der Waals surface area contributed by atoms with Crippen LogP contribution in [0.4, 0.5) is 4.79 Å². The van der Waals surface area contributed by atoms with Crippen molar-refractivity contribution in [3.05, 3.63) is 0 Å². The molecule has 14 heavy (non-hydrogen) atoms. The fourth-order valence-electron chi connectivity index (χ4n) is 1.35. The number of amides is 1. The molecule has 1 aliphatic heterocycles. The van der Waals surface area contributed by atoms with Gasteiger partial charge in [-0.05, 0) is 20.9 Å². The van der Waals surface area contributed by atoms with Gasteiger partial charge in [0.1, 0.15) is 0 Å². The van der Waals surface area contributed by atoms with Crippen molar-refractivity contribution in [2.45, 2.75) is 26.1 Å². The van der Waals surface area contributed by atoms with Gasteiger partial charge in [-0.3, -0.25) is 4.90 Å². The summed E-state index contributed by atoms with van der Waals surface area (Å²) in [4.78, 5) is 13.4. The van der Waals surface area contributed by atoms with Crippen molar-refractivity contribution < 1.29 is 9.53 Å². The highest BCUT2D eigenvalue weighted by molar-refractivity contribution is 5.67. The first-order chi connectivity index (χ1) is 6.59. The molecule has 0 aromatic heterocycles. The van der Waals surface area contributed by atoms with E-state index in [2.05, 4.69) is 15.5 Å². The van der Waals surface area contributed by atoms with Gasteiger partial charge in [-0.2, -0.15) is 0 Å². The van der Waals surface area contributed by atoms with Crippen LogP contribution in [-0.2, 0) is 4.74 Å². The van der Waals surface area contributed by atoms with E-state index < -0.39 is 0 Å². The van der Waals surface area contributed by atoms with Crippen molar-refractivity contribution in [1.82, 2.24) is 15.5 Å². The standard InChI is InChI=1S/C9H19N3O2/c1-7(2)14-9(13)11-8-6-10-4-5-12(8)3/h7-8,10H,4-6H2,1-3H3,(H,11,13). The predicted octanol–water partition coefficient (Wildman–Crippen LogP) is -0.0179. The Kier molecular flexibility index (Phi) is 4.16. The monoisotopic (exact) mass is 201 g/mol. The Labute approximate surface area is 84.8 Å². The molecule has 2 N–H and O–H groups in total. The van der Waals surface area contributed by atoms with Gasteiger partial charge in [-0.25, -0.2) is 4.79 Å². The van der Waals surface area contributed by atoms with Crippen LogP contribution in [0.5, 0.6) is 0 Å². The van der Waals surface area contributed by atoms with Crippen LogP contribution >= 0.6 is 0 Å². The van der Waals surface area contributed by atoms with E-state index in [-0.39, 0.29) is 18.4 Å². The van der Waals surface area contributed by atoms with E-state index in [1.165, 1.54) is 0 Å². The van der Waals surface area contributed by atoms with Crippen LogP contribution in [0.2, 0.25) is 0 Å². The molecule has 0 bridgehead atoms. The highest BCUT2D eigenvalue weighted by Gasteiger charge is 2.20. The fourth-order valence-corrected chi connectivity index (χ4v) is 1.35. The molecule has 1 rings (SSSR count). The minimum atomic E-state index is -0.347. The molecule has 1 fully saturated rings. The minimum Gasteiger partial charge on any atom is -0.447 e. The SMILES string of the molecule is CC(C)OC(=O)NC1CNCCN1C. The third-order valence-electron chi connectivity index (χ3n) is 2.14. The van der Waals surface area contributed by atoms with Crippen LogP contribution in [0.1, 0.15) is 13.8 Å². The second-order valence-corrected chi connectivity index (χ2v) is 3.80. The van der Waals surface area contributed by atoms with Gasteiger partial charge in [-0.15, -0.1) is 0 Å². The van der Waals surface area contributed by atoms with Crippen molar-refractivity contribution in [2.75, 3.05) is 26.7 Å². The third kappa shape index (κ3) is 3.51. The van der Waals surface area contributed by atoms with Crippen LogP contribution in [-0.4, -0.2) is 49.9 Å². The molecular weight excluding hydrogens is 182 g/mol. The maximum atomic E-state index is 11.3. The Morgan fingerprint density at radius 3 is 2.93 bits per heavy atom. The molecule has 1 heterocycles. The normalized spacial score (nSPS) is 23.6. The maximum Gasteiger partial charge on any atom is 0.408 e. The lowest BCUT2D eigenvalue weighted by atomic mass is 10.3. The topological polar surface area (TPSA) is 53.6 Å². The summed E-state index contributed by atoms with van der Waals surface area (Å²) in [5.41, 5.74) is 0. The number of carbonyl (C=O) groups excluding carboxylic acids is 1. The smallest absolute Gasteiger partial charge is 0.408 e. The Bertz CT molecular complexity index is 196. The van der Waals surface area contributed by atoms with Gasteiger partial charge in [0.15, 0.2) is 0 Å². The molecule has 0 aliphatic carbocycles. The number of hydrogen-bond acceptors (Lipinski definition) is 4. The lowest BCUT2D eigenvalue weighted by Gasteiger charge is -2.33. The summed E-state index contributed by atoms with van der Waals surface area (Å²) >= 11 is 0. The van der Waals surface area contributed by atoms with Crippen molar-refractivity contribution in [3.63, 3.8) is 0 Å². The summed E-state index contributed by atoms with van der Waals surface area (Å²) in [7, 11) is 1.99. The molecule has 0 radical (unpaired) electrons. The molecule has 0 aromatic rings. The number of piperazine rings is 1. The van der Waals surface area contributed by atoms with Gasteiger partial charge in [0.2, 0.25) is 0 Å². The molecule has 1 saturated heterocycles. The largest absolute Gasteiger partial charge is 0.447 e. The molecule has 0 saturated carbocycles. The van der Waals surface area contributed by atoms with E-state index in [1.54, 1.807) is 0 Å². The molecule has 1 unspecified atom stereocenters. The summed E-state index contributed by atoms with van der Waals surface area (Å²) in [6.45, 7) is 6.34. The Balaban J connectivity index is 2.31. The number of rotatable bonds is 2. The highest BCUT2D eigenvalue weighted by Crippen LogP contribution is 1.97. The van der Waals surface area contributed by atoms with Gasteiger partial charge >= 0.3 is 6.09 Å². The van der Waals surface area contributed by atoms with Crippen LogP contribution < -0.4 is 10.6 Å². The quantitative estimate of drug-likeness (QED) is 0.659. The molecule has 5 nitrogen and oxygen atoms in total. The summed E-state index contributed by atoms with van der Waals surface area (Å²) in [6, 6.07) is 0. The molecule has 1 aliphatic rings. The number of carbonyl (C=O) groups is 1. The zero-order valence-electron chi connectivity index (χ0n) is 9.04. The van der Waals surface area contributed by atoms with E-state index in [1.807, 2.05) is 20.9 Å². The number of hydrogen-bond donors (Lipinski definition) is 2. The summed E-state index contributed by atoms with van der Waals surface area (Å²) in [6.07, 6.45) is -0.382. The Morgan fingerprint density at radius 1 is 1.64 bits per heavy atom. The van der Waals surface area contributed by atoms with Crippen molar-refractivity contribution in [2.24, 2.45) is 0 Å². The molecule has 5 heteroatoms. The predicted molar refractivity (Wildman–Crippen MR) is 54.0 cm³/mol. The van der Waals surface area contributed by atoms with Gasteiger partial charge in [0, 0.05) is 19.6 Å². The lowest BCUT2D eigenvalue weighted by molar-refractivity contribution is 0.0926. The third-order valence-corrected chi connectivity index (χ3v) is 2.14. The van der Waals surface area contributed by atoms with Crippen molar-refractivity contribution in [3.8, 4) is 0 Å². The molecule has 1 amide bonds. The van der Waals surface area contributed by atoms with E-state index in [0.717, 1.165) is 19.6 Å². The van der Waals surface area contributed by atoms with Gasteiger partial charge < -0.3 is 15.4 Å². The first-order valence-electron chi connectivity index (χ1n) is 4.97. The molecule has 82 valence electrons. The summed E-state index contributed by atoms with van der Waals surface area (Å²) in [5.74, 6) is 0. The van der Waals surface area contributed by atoms with Gasteiger partial charge in [-0.1, -0.05) is 0 Å². The van der Waals surface area contributed by atoms with E-state index >= 15 is 0 Å². The number of likely N-dealkylation sites (N-methyl/N-ethyl adjacent to an activating group) is 1. The molecule has 1 atom stereocenters. The van der Waals surface area contributed by atoms with E-state index in [9.17, 15) is 4.79 Å². The zero-order valence-corrected chi connectivity index (χ0v) is 9.04. The number of nitrogens with one attached hydrogen (secondary N) is 2. The number of alkyl carbamates (subject to hydrolysis) is 1. The maximum absolute atomic E-state index is 11.3. The Hall–Kier alpha value is -0.810. The average Bonchev–Trinajstić information content (AvgIpc) is 2.07. The zero-order chi connectivity index (χ0) is 10.6. The van der Waals surface area contributed by atoms with E-state index in [0.29, 0.717) is 0 Å². The van der Waals surface area contributed by atoms with Crippen LogP contribution in [0.25, 0.3) is 0 Å². The highest BCUT2D eigenvalue weighted by atomic mass is 16.6. The number of ether oxygens (including phenoxy) is 1. The molecule has 0 aromatic carbocycles. The van der Waals surface area contributed by atoms with E-state index in [4.69, 9.17) is 4.74 Å². The molecule has 0 spiro atoms. The van der Waals surface area contributed by atoms with Gasteiger partial charge in [0.25, 0.3) is 0 Å². The number of nitrogens with zero attached hydrogens (tertiary/aromatic N) is 1. The second-order valence-electron chi connectivity index (χ2n) is 3.80. The first-order valence-corrected chi connectivity index (χ1v) is 4.97. The van der Waals surface area contributed by atoms with Crippen LogP contribution in [0, 0.1) is 0 Å². The lowest BCUT2D eigenvalue weighted by Crippen LogP contribution is -2.57. The average molecular weight is 201 g/mol. The van der Waals surface area contributed by atoms with Gasteiger partial charge in [0.05, 0.1) is 12.3 Å². The fraction of sp³-hybridized carbons (Fsp3) is 0.889. The summed E-state index contributed by atoms with van der Waals surface area (Å²) < 4.78 is 5.00. The molecular formula is C9H19N3O2. The first kappa shape index (κ1) is 11.3. The van der Waals surface area contributed by atoms with Crippen molar-refractivity contribution >= 4 is 6.09 Å². The summed E-state index contributed by atoms with van der Waals surface area (Å²) in [5, 5.41) is 6.01. The van der Waals surface area contributed by atoms with Crippen molar-refractivity contribution in [1.29, 1.82) is 0 Å². The second kappa shape index (κ2) is 5.17. The Morgan fingerprint density at radius 2 is 2.36 bits per heavy atom. The van der Waals surface area contributed by atoms with Crippen LogP contribution in [0.15, 0.2) is 0 Å².